The maximum Gasteiger partial charge on any atom is 0.407 e. The predicted molar refractivity (Wildman–Crippen MR) is 106 cm³/mol. The Morgan fingerprint density at radius 3 is 2.89 bits per heavy atom. The lowest BCUT2D eigenvalue weighted by atomic mass is 9.92. The highest BCUT2D eigenvalue weighted by Crippen LogP contribution is 2.38. The molecular weight excluding hydrogens is 356 g/mol. The zero-order valence-corrected chi connectivity index (χ0v) is 15.2. The SMILES string of the molecule is N[N+]12C=CN=CC1=C(C1CCN(C(=O)O)CC1)N=C2c1ccc2[nH]ccc2c1. The molecule has 28 heavy (non-hydrogen) atoms. The first-order chi connectivity index (χ1) is 13.6. The molecule has 4 N–H and O–H groups in total. The summed E-state index contributed by atoms with van der Waals surface area (Å²) in [4.78, 5) is 25.1. The lowest BCUT2D eigenvalue weighted by Gasteiger charge is -2.30. The number of rotatable bonds is 2. The van der Waals surface area contributed by atoms with Gasteiger partial charge in [0.05, 0.1) is 18.0 Å². The number of hydrogen-bond donors (Lipinski definition) is 3. The molecule has 1 fully saturated rings. The fraction of sp³-hybridized carbons (Fsp3) is 0.250. The number of carboxylic acid groups (broad SMARTS) is 1. The molecule has 1 aromatic carbocycles. The molecule has 0 bridgehead atoms. The van der Waals surface area contributed by atoms with Crippen molar-refractivity contribution in [3.05, 3.63) is 59.8 Å². The summed E-state index contributed by atoms with van der Waals surface area (Å²) in [5.74, 6) is 7.72. The Labute approximate surface area is 161 Å². The zero-order valence-electron chi connectivity index (χ0n) is 15.2. The molecule has 0 saturated carbocycles. The Morgan fingerprint density at radius 1 is 1.29 bits per heavy atom. The van der Waals surface area contributed by atoms with Gasteiger partial charge in [0.25, 0.3) is 5.84 Å². The molecule has 0 radical (unpaired) electrons. The number of nitrogens with one attached hydrogen (secondary N) is 1. The summed E-state index contributed by atoms with van der Waals surface area (Å²) >= 11 is 0. The first-order valence-corrected chi connectivity index (χ1v) is 9.34. The van der Waals surface area contributed by atoms with E-state index in [9.17, 15) is 9.90 Å². The third-order valence-electron chi connectivity index (χ3n) is 5.79. The smallest absolute Gasteiger partial charge is 0.407 e. The van der Waals surface area contributed by atoms with E-state index in [1.165, 1.54) is 4.90 Å². The summed E-state index contributed by atoms with van der Waals surface area (Å²) in [5.41, 5.74) is 3.81. The summed E-state index contributed by atoms with van der Waals surface area (Å²) in [6.07, 6.45) is 7.84. The molecule has 1 amide bonds. The third kappa shape index (κ3) is 2.49. The number of allylic oxidation sites excluding steroid dienone is 2. The molecule has 3 aliphatic rings. The van der Waals surface area contributed by atoms with Crippen molar-refractivity contribution < 1.29 is 14.5 Å². The number of likely N-dealkylation sites (tertiary alicyclic amines) is 1. The van der Waals surface area contributed by atoms with E-state index < -0.39 is 6.09 Å². The average molecular weight is 377 g/mol. The first-order valence-electron chi connectivity index (χ1n) is 9.34. The predicted octanol–water partition coefficient (Wildman–Crippen LogP) is 2.78. The lowest BCUT2D eigenvalue weighted by molar-refractivity contribution is -0.750. The normalized spacial score (nSPS) is 24.8. The number of amides is 1. The number of benzene rings is 1. The van der Waals surface area contributed by atoms with Crippen molar-refractivity contribution >= 4 is 29.0 Å². The number of nitrogens with two attached hydrogens (primary N) is 1. The number of fused-ring (bicyclic) bond motifs is 2. The molecular formula is C20H21N6O2+. The molecule has 0 spiro atoms. The minimum atomic E-state index is -0.863. The van der Waals surface area contributed by atoms with E-state index in [0.717, 1.165) is 46.5 Å². The number of hydrogen-bond acceptors (Lipinski definition) is 4. The van der Waals surface area contributed by atoms with Crippen LogP contribution in [0.4, 0.5) is 4.79 Å². The summed E-state index contributed by atoms with van der Waals surface area (Å²) in [7, 11) is 0. The van der Waals surface area contributed by atoms with Crippen LogP contribution in [0.15, 0.2) is 64.2 Å². The van der Waals surface area contributed by atoms with Crippen LogP contribution < -0.4 is 5.84 Å². The highest BCUT2D eigenvalue weighted by molar-refractivity contribution is 6.02. The molecule has 1 aromatic heterocycles. The van der Waals surface area contributed by atoms with E-state index in [1.54, 1.807) is 12.4 Å². The van der Waals surface area contributed by atoms with Crippen LogP contribution in [0.3, 0.4) is 0 Å². The van der Waals surface area contributed by atoms with Crippen LogP contribution in [0.1, 0.15) is 18.4 Å². The van der Waals surface area contributed by atoms with Gasteiger partial charge in [-0.25, -0.2) is 4.79 Å². The van der Waals surface area contributed by atoms with E-state index in [0.29, 0.717) is 13.1 Å². The second-order valence-corrected chi connectivity index (χ2v) is 7.38. The highest BCUT2D eigenvalue weighted by Gasteiger charge is 2.46. The topological polar surface area (TPSA) is 107 Å². The molecule has 2 aromatic rings. The number of H-pyrrole nitrogens is 1. The van der Waals surface area contributed by atoms with Gasteiger partial charge in [-0.3, -0.25) is 4.99 Å². The Kier molecular flexibility index (Phi) is 3.71. The number of piperidine rings is 1. The number of aromatic nitrogens is 1. The van der Waals surface area contributed by atoms with E-state index in [-0.39, 0.29) is 10.5 Å². The largest absolute Gasteiger partial charge is 0.465 e. The van der Waals surface area contributed by atoms with Gasteiger partial charge >= 0.3 is 6.09 Å². The van der Waals surface area contributed by atoms with Crippen LogP contribution in [0.25, 0.3) is 10.9 Å². The summed E-state index contributed by atoms with van der Waals surface area (Å²) in [6, 6.07) is 8.17. The maximum absolute atomic E-state index is 11.2. The Hall–Kier alpha value is -3.23. The molecule has 8 nitrogen and oxygen atoms in total. The van der Waals surface area contributed by atoms with Crippen molar-refractivity contribution in [2.24, 2.45) is 21.7 Å². The van der Waals surface area contributed by atoms with Crippen LogP contribution in [-0.2, 0) is 0 Å². The van der Waals surface area contributed by atoms with Crippen LogP contribution >= 0.6 is 0 Å². The van der Waals surface area contributed by atoms with Crippen LogP contribution in [-0.4, -0.2) is 50.8 Å². The summed E-state index contributed by atoms with van der Waals surface area (Å²) < 4.78 is -0.00604. The quantitative estimate of drug-likeness (QED) is 0.553. The molecule has 142 valence electrons. The Morgan fingerprint density at radius 2 is 2.11 bits per heavy atom. The molecule has 4 heterocycles. The third-order valence-corrected chi connectivity index (χ3v) is 5.79. The number of quaternary nitrogens is 1. The fourth-order valence-corrected chi connectivity index (χ4v) is 4.24. The van der Waals surface area contributed by atoms with Gasteiger partial charge in [0.15, 0.2) is 0 Å². The van der Waals surface area contributed by atoms with Gasteiger partial charge in [-0.1, -0.05) is 0 Å². The van der Waals surface area contributed by atoms with E-state index in [4.69, 9.17) is 10.8 Å². The molecule has 3 aliphatic heterocycles. The zero-order chi connectivity index (χ0) is 19.3. The Balaban J connectivity index is 1.54. The molecule has 1 atom stereocenters. The van der Waals surface area contributed by atoms with Crippen molar-refractivity contribution in [2.75, 3.05) is 13.1 Å². The number of nitrogens with zero attached hydrogens (tertiary/aromatic N) is 4. The number of aliphatic imine (C=N–C) groups is 2. The average Bonchev–Trinajstić information content (AvgIpc) is 3.29. The number of amidine groups is 1. The number of carbonyl (C=O) groups is 1. The van der Waals surface area contributed by atoms with Gasteiger partial charge in [-0.05, 0) is 37.1 Å². The summed E-state index contributed by atoms with van der Waals surface area (Å²) in [6.45, 7) is 1.02. The van der Waals surface area contributed by atoms with Gasteiger partial charge in [0.1, 0.15) is 11.9 Å². The van der Waals surface area contributed by atoms with Crippen LogP contribution in [0.5, 0.6) is 0 Å². The first kappa shape index (κ1) is 16.9. The maximum atomic E-state index is 11.2. The van der Waals surface area contributed by atoms with Crippen LogP contribution in [0.2, 0.25) is 0 Å². The lowest BCUT2D eigenvalue weighted by Crippen LogP contribution is -2.53. The second kappa shape index (κ2) is 6.15. The van der Waals surface area contributed by atoms with Gasteiger partial charge in [0, 0.05) is 36.1 Å². The second-order valence-electron chi connectivity index (χ2n) is 7.38. The standard InChI is InChI=1S/C20H20N6O2/c21-26-10-7-22-12-17(26)18(13-4-8-25(9-5-13)20(27)28)24-19(26)15-1-2-16-14(11-15)3-6-23-16/h1-3,6-7,10-13H,4-5,8-9,21H2,(H-,22,23,24,27,28)/p+1. The molecule has 1 unspecified atom stereocenters. The van der Waals surface area contributed by atoms with E-state index >= 15 is 0 Å². The van der Waals surface area contributed by atoms with Crippen molar-refractivity contribution in [1.29, 1.82) is 0 Å². The Bertz CT molecular complexity index is 1090. The molecule has 1 saturated heterocycles. The molecule has 5 rings (SSSR count). The van der Waals surface area contributed by atoms with Gasteiger partial charge < -0.3 is 15.0 Å². The molecule has 8 heteroatoms. The minimum Gasteiger partial charge on any atom is -0.465 e. The van der Waals surface area contributed by atoms with Crippen molar-refractivity contribution in [1.82, 2.24) is 9.88 Å². The van der Waals surface area contributed by atoms with E-state index in [1.807, 2.05) is 30.6 Å². The monoisotopic (exact) mass is 377 g/mol. The highest BCUT2D eigenvalue weighted by atomic mass is 16.4. The summed E-state index contributed by atoms with van der Waals surface area (Å²) in [5, 5.41) is 10.3. The van der Waals surface area contributed by atoms with Gasteiger partial charge in [-0.2, -0.15) is 10.8 Å². The van der Waals surface area contributed by atoms with Crippen molar-refractivity contribution in [2.45, 2.75) is 12.8 Å². The van der Waals surface area contributed by atoms with Crippen LogP contribution in [0, 0.1) is 5.92 Å². The number of aromatic amines is 1. The van der Waals surface area contributed by atoms with Gasteiger partial charge in [0.2, 0.25) is 5.70 Å². The molecule has 0 aliphatic carbocycles. The van der Waals surface area contributed by atoms with Crippen molar-refractivity contribution in [3.63, 3.8) is 0 Å². The van der Waals surface area contributed by atoms with Gasteiger partial charge in [-0.15, -0.1) is 4.59 Å². The minimum absolute atomic E-state index is 0.00604. The van der Waals surface area contributed by atoms with Crippen molar-refractivity contribution in [3.8, 4) is 0 Å². The fourth-order valence-electron chi connectivity index (χ4n) is 4.24. The van der Waals surface area contributed by atoms with E-state index in [2.05, 4.69) is 16.0 Å².